The van der Waals surface area contributed by atoms with Crippen LogP contribution in [0.2, 0.25) is 0 Å². The molecule has 0 heterocycles. The van der Waals surface area contributed by atoms with Crippen LogP contribution in [0.3, 0.4) is 0 Å². The smallest absolute Gasteiger partial charge is 0.0163 e. The van der Waals surface area contributed by atoms with Crippen LogP contribution in [-0.4, -0.2) is 0 Å². The van der Waals surface area contributed by atoms with Gasteiger partial charge < -0.3 is 0 Å². The van der Waals surface area contributed by atoms with Gasteiger partial charge in [0.15, 0.2) is 0 Å². The molecule has 0 amide bonds. The van der Waals surface area contributed by atoms with Crippen molar-refractivity contribution in [1.82, 2.24) is 0 Å². The average molecular weight is 160 g/mol. The minimum Gasteiger partial charge on any atom is -0.106 e. The second-order valence-corrected chi connectivity index (χ2v) is 2.18. The summed E-state index contributed by atoms with van der Waals surface area (Å²) in [6.07, 6.45) is 19.0. The van der Waals surface area contributed by atoms with E-state index in [2.05, 4.69) is 61.8 Å². The zero-order valence-electron chi connectivity index (χ0n) is 7.45. The van der Waals surface area contributed by atoms with Crippen LogP contribution in [0.25, 0.3) is 0 Å². The lowest BCUT2D eigenvalue weighted by molar-refractivity contribution is 1.45. The third-order valence-corrected chi connectivity index (χ3v) is 1.31. The number of hydrogen-bond acceptors (Lipinski definition) is 0. The highest BCUT2D eigenvalue weighted by atomic mass is 13.8. The van der Waals surface area contributed by atoms with E-state index in [1.165, 1.54) is 0 Å². The van der Waals surface area contributed by atoms with Gasteiger partial charge in [0, 0.05) is 0 Å². The fourth-order valence-corrected chi connectivity index (χ4v) is 0.786. The van der Waals surface area contributed by atoms with E-state index in [1.54, 1.807) is 0 Å². The zero-order chi connectivity index (χ0) is 9.07. The predicted octanol–water partition coefficient (Wildman–Crippen LogP) is 3.81. The molecule has 0 heteroatoms. The van der Waals surface area contributed by atoms with Gasteiger partial charge in [0.1, 0.15) is 0 Å². The largest absolute Gasteiger partial charge is 0.106 e. The Morgan fingerprint density at radius 1 is 0.583 bits per heavy atom. The van der Waals surface area contributed by atoms with E-state index >= 15 is 0 Å². The lowest BCUT2D eigenvalue weighted by atomic mass is 10.5. The number of rotatable bonds is 0. The summed E-state index contributed by atoms with van der Waals surface area (Å²) in [6.45, 7) is 6.00. The van der Waals surface area contributed by atoms with Crippen molar-refractivity contribution in [2.45, 2.75) is 12.8 Å². The van der Waals surface area contributed by atoms with Crippen molar-refractivity contribution in [1.29, 1.82) is 0 Å². The summed E-state index contributed by atoms with van der Waals surface area (Å²) in [6, 6.07) is 0. The molecule has 0 spiro atoms. The Hall–Kier alpha value is -1.30. The second kappa shape index (κ2) is 9.70. The molecule has 0 aromatic carbocycles. The summed E-state index contributed by atoms with van der Waals surface area (Å²) >= 11 is 0. The first-order valence-corrected chi connectivity index (χ1v) is 4.13. The SMILES string of the molecule is C1=CCC=C1.C1=CCC=C1.C=C. The Bertz CT molecular complexity index is 150. The molecule has 2 aliphatic rings. The summed E-state index contributed by atoms with van der Waals surface area (Å²) in [4.78, 5) is 0. The van der Waals surface area contributed by atoms with Crippen LogP contribution in [0.4, 0.5) is 0 Å². The van der Waals surface area contributed by atoms with Crippen molar-refractivity contribution in [3.8, 4) is 0 Å². The molecular weight excluding hydrogens is 144 g/mol. The Morgan fingerprint density at radius 2 is 0.833 bits per heavy atom. The fraction of sp³-hybridized carbons (Fsp3) is 0.167. The van der Waals surface area contributed by atoms with Crippen molar-refractivity contribution < 1.29 is 0 Å². The summed E-state index contributed by atoms with van der Waals surface area (Å²) in [7, 11) is 0. The standard InChI is InChI=1S/2C5H6.C2H4/c2*1-2-4-5-3-1;1-2/h2*1-4H,5H2;1-2H2. The van der Waals surface area contributed by atoms with Crippen molar-refractivity contribution >= 4 is 0 Å². The molecule has 2 aliphatic carbocycles. The van der Waals surface area contributed by atoms with Crippen LogP contribution in [0, 0.1) is 0 Å². The predicted molar refractivity (Wildman–Crippen MR) is 57.0 cm³/mol. The van der Waals surface area contributed by atoms with E-state index < -0.39 is 0 Å². The van der Waals surface area contributed by atoms with Crippen molar-refractivity contribution in [2.24, 2.45) is 0 Å². The maximum atomic E-state index is 3.00. The Balaban J connectivity index is 0.000000168. The van der Waals surface area contributed by atoms with E-state index in [-0.39, 0.29) is 0 Å². The molecule has 0 saturated heterocycles. The highest BCUT2D eigenvalue weighted by molar-refractivity contribution is 5.12. The second-order valence-electron chi connectivity index (χ2n) is 2.18. The third-order valence-electron chi connectivity index (χ3n) is 1.31. The van der Waals surface area contributed by atoms with Crippen LogP contribution < -0.4 is 0 Å². The number of hydrogen-bond donors (Lipinski definition) is 0. The van der Waals surface area contributed by atoms with Gasteiger partial charge in [-0.25, -0.2) is 0 Å². The first-order chi connectivity index (χ1) is 6.00. The summed E-state index contributed by atoms with van der Waals surface area (Å²) in [5.41, 5.74) is 0. The van der Waals surface area contributed by atoms with Crippen LogP contribution in [0.1, 0.15) is 12.8 Å². The molecule has 0 aliphatic heterocycles. The van der Waals surface area contributed by atoms with Gasteiger partial charge in [-0.3, -0.25) is 0 Å². The van der Waals surface area contributed by atoms with Crippen LogP contribution >= 0.6 is 0 Å². The minimum atomic E-state index is 1.14. The summed E-state index contributed by atoms with van der Waals surface area (Å²) in [5.74, 6) is 0. The maximum absolute atomic E-state index is 3.00. The van der Waals surface area contributed by atoms with Crippen LogP contribution in [0.5, 0.6) is 0 Å². The fourth-order valence-electron chi connectivity index (χ4n) is 0.786. The molecule has 0 bridgehead atoms. The van der Waals surface area contributed by atoms with Gasteiger partial charge in [0.2, 0.25) is 0 Å². The molecular formula is C12H16. The van der Waals surface area contributed by atoms with E-state index in [9.17, 15) is 0 Å². The van der Waals surface area contributed by atoms with E-state index in [0.29, 0.717) is 0 Å². The molecule has 12 heavy (non-hydrogen) atoms. The molecule has 0 saturated carbocycles. The third kappa shape index (κ3) is 6.81. The molecule has 0 atom stereocenters. The minimum absolute atomic E-state index is 1.14. The van der Waals surface area contributed by atoms with Crippen LogP contribution in [0.15, 0.2) is 61.8 Å². The Labute approximate surface area is 75.3 Å². The van der Waals surface area contributed by atoms with E-state index in [0.717, 1.165) is 12.8 Å². The zero-order valence-corrected chi connectivity index (χ0v) is 7.45. The van der Waals surface area contributed by atoms with E-state index in [4.69, 9.17) is 0 Å². The average Bonchev–Trinajstić information content (AvgIpc) is 2.87. The van der Waals surface area contributed by atoms with E-state index in [1.807, 2.05) is 0 Å². The quantitative estimate of drug-likeness (QED) is 0.473. The monoisotopic (exact) mass is 160 g/mol. The lowest BCUT2D eigenvalue weighted by Crippen LogP contribution is -1.37. The normalized spacial score (nSPS) is 15.0. The topological polar surface area (TPSA) is 0 Å². The molecule has 0 nitrogen and oxygen atoms in total. The van der Waals surface area contributed by atoms with Crippen LogP contribution in [-0.2, 0) is 0 Å². The molecule has 0 unspecified atom stereocenters. The maximum Gasteiger partial charge on any atom is -0.0163 e. The van der Waals surface area contributed by atoms with Gasteiger partial charge in [-0.1, -0.05) is 48.6 Å². The van der Waals surface area contributed by atoms with Gasteiger partial charge in [-0.15, -0.1) is 13.2 Å². The molecule has 0 fully saturated rings. The Morgan fingerprint density at radius 3 is 0.917 bits per heavy atom. The first-order valence-electron chi connectivity index (χ1n) is 4.13. The van der Waals surface area contributed by atoms with Crippen molar-refractivity contribution in [2.75, 3.05) is 0 Å². The lowest BCUT2D eigenvalue weighted by Gasteiger charge is -1.57. The van der Waals surface area contributed by atoms with Gasteiger partial charge in [-0.2, -0.15) is 0 Å². The van der Waals surface area contributed by atoms with Gasteiger partial charge in [0.05, 0.1) is 0 Å². The molecule has 0 radical (unpaired) electrons. The van der Waals surface area contributed by atoms with Gasteiger partial charge in [0.25, 0.3) is 0 Å². The van der Waals surface area contributed by atoms with Gasteiger partial charge in [-0.05, 0) is 12.8 Å². The highest BCUT2D eigenvalue weighted by Crippen LogP contribution is 1.93. The summed E-state index contributed by atoms with van der Waals surface area (Å²) < 4.78 is 0. The summed E-state index contributed by atoms with van der Waals surface area (Å²) in [5, 5.41) is 0. The Kier molecular flexibility index (Phi) is 8.65. The number of allylic oxidation sites excluding steroid dienone is 8. The van der Waals surface area contributed by atoms with Crippen molar-refractivity contribution in [3.63, 3.8) is 0 Å². The van der Waals surface area contributed by atoms with Crippen molar-refractivity contribution in [3.05, 3.63) is 61.8 Å². The molecule has 64 valence electrons. The molecule has 0 aromatic heterocycles. The molecule has 0 aromatic rings. The first kappa shape index (κ1) is 10.7. The molecule has 2 rings (SSSR count). The molecule has 0 N–H and O–H groups in total. The highest BCUT2D eigenvalue weighted by Gasteiger charge is 1.72. The van der Waals surface area contributed by atoms with Gasteiger partial charge >= 0.3 is 0 Å².